The van der Waals surface area contributed by atoms with Crippen LogP contribution in [-0.4, -0.2) is 41.4 Å². The largest absolute Gasteiger partial charge is 0.508 e. The number of rotatable bonds is 14. The van der Waals surface area contributed by atoms with E-state index in [0.29, 0.717) is 19.4 Å². The molecular formula is C29H36N5O3. The SMILES string of the molecule is N=C(N)NCCCCCC[C@@]([C]=O)(Cc1ccc2ccccc2c1)NC(=O)[C@@H](N)Cc1ccc(O)cc1. The summed E-state index contributed by atoms with van der Waals surface area (Å²) in [6, 6.07) is 19.7. The highest BCUT2D eigenvalue weighted by molar-refractivity contribution is 5.87. The number of phenolic OH excluding ortho intramolecular Hbond substituents is 1. The van der Waals surface area contributed by atoms with E-state index < -0.39 is 17.5 Å². The van der Waals surface area contributed by atoms with Crippen LogP contribution in [0.3, 0.4) is 0 Å². The predicted molar refractivity (Wildman–Crippen MR) is 147 cm³/mol. The van der Waals surface area contributed by atoms with Gasteiger partial charge in [0.25, 0.3) is 0 Å². The minimum Gasteiger partial charge on any atom is -0.508 e. The number of benzene rings is 3. The zero-order valence-corrected chi connectivity index (χ0v) is 21.0. The van der Waals surface area contributed by atoms with Crippen molar-refractivity contribution in [3.05, 3.63) is 77.9 Å². The number of nitrogens with two attached hydrogens (primary N) is 2. The van der Waals surface area contributed by atoms with E-state index in [1.807, 2.05) is 42.5 Å². The highest BCUT2D eigenvalue weighted by Crippen LogP contribution is 2.23. The maximum atomic E-state index is 13.1. The van der Waals surface area contributed by atoms with Gasteiger partial charge in [0.05, 0.1) is 6.04 Å². The standard InChI is InChI=1S/C29H36N5O3/c30-26(18-21-10-13-25(36)14-11-21)27(37)34-29(20-35,15-5-1-2-6-16-33-28(31)32)19-22-9-12-23-7-3-4-8-24(23)17-22/h3-4,7-14,17,26,36H,1-2,5-6,15-16,18-19,30H2,(H,34,37)(H4,31,32,33)/t26-,29-/m0/s1. The van der Waals surface area contributed by atoms with Crippen molar-refractivity contribution in [2.24, 2.45) is 11.5 Å². The quantitative estimate of drug-likeness (QED) is 0.113. The van der Waals surface area contributed by atoms with E-state index in [1.54, 1.807) is 24.3 Å². The van der Waals surface area contributed by atoms with Crippen molar-refractivity contribution in [3.8, 4) is 5.75 Å². The first-order valence-electron chi connectivity index (χ1n) is 12.6. The van der Waals surface area contributed by atoms with Crippen molar-refractivity contribution in [2.45, 2.75) is 56.5 Å². The van der Waals surface area contributed by atoms with Gasteiger partial charge in [0.15, 0.2) is 5.96 Å². The normalized spacial score (nSPS) is 13.4. The van der Waals surface area contributed by atoms with Gasteiger partial charge in [0.1, 0.15) is 11.3 Å². The Kier molecular flexibility index (Phi) is 10.0. The summed E-state index contributed by atoms with van der Waals surface area (Å²) in [5.41, 5.74) is 12.1. The number of amides is 1. The number of carbonyl (C=O) groups excluding carboxylic acids is 2. The maximum Gasteiger partial charge on any atom is 0.238 e. The Hall–Kier alpha value is -3.91. The van der Waals surface area contributed by atoms with Gasteiger partial charge >= 0.3 is 0 Å². The fourth-order valence-corrected chi connectivity index (χ4v) is 4.44. The summed E-state index contributed by atoms with van der Waals surface area (Å²) in [6.45, 7) is 0.625. The van der Waals surface area contributed by atoms with Crippen LogP contribution in [0, 0.1) is 5.41 Å². The Balaban J connectivity index is 1.70. The summed E-state index contributed by atoms with van der Waals surface area (Å²) in [7, 11) is 0. The first-order chi connectivity index (χ1) is 17.8. The van der Waals surface area contributed by atoms with Gasteiger partial charge in [-0.3, -0.25) is 15.0 Å². The first-order valence-corrected chi connectivity index (χ1v) is 12.6. The van der Waals surface area contributed by atoms with Crippen molar-refractivity contribution >= 4 is 28.9 Å². The molecule has 2 atom stereocenters. The number of phenols is 1. The highest BCUT2D eigenvalue weighted by atomic mass is 16.3. The number of carbonyl (C=O) groups is 1. The fourth-order valence-electron chi connectivity index (χ4n) is 4.44. The van der Waals surface area contributed by atoms with Gasteiger partial charge in [0, 0.05) is 13.0 Å². The third-order valence-corrected chi connectivity index (χ3v) is 6.45. The molecule has 8 nitrogen and oxygen atoms in total. The lowest BCUT2D eigenvalue weighted by molar-refractivity contribution is -0.123. The first kappa shape index (κ1) is 27.7. The number of guanidine groups is 1. The molecule has 1 radical (unpaired) electrons. The molecule has 0 saturated carbocycles. The molecule has 0 aliphatic carbocycles. The van der Waals surface area contributed by atoms with Gasteiger partial charge in [-0.05, 0) is 53.3 Å². The van der Waals surface area contributed by atoms with E-state index in [4.69, 9.17) is 16.9 Å². The van der Waals surface area contributed by atoms with Gasteiger partial charge in [-0.15, -0.1) is 0 Å². The third kappa shape index (κ3) is 8.61. The Bertz CT molecular complexity index is 1200. The smallest absolute Gasteiger partial charge is 0.238 e. The van der Waals surface area contributed by atoms with Crippen molar-refractivity contribution in [1.82, 2.24) is 10.6 Å². The zero-order chi connectivity index (χ0) is 26.7. The average molecular weight is 503 g/mol. The van der Waals surface area contributed by atoms with Crippen molar-refractivity contribution in [1.29, 1.82) is 5.41 Å². The number of aromatic hydroxyl groups is 1. The molecule has 0 bridgehead atoms. The van der Waals surface area contributed by atoms with E-state index in [1.165, 1.54) is 0 Å². The molecule has 3 aromatic rings. The Labute approximate surface area is 217 Å². The average Bonchev–Trinajstić information content (AvgIpc) is 2.89. The summed E-state index contributed by atoms with van der Waals surface area (Å²) < 4.78 is 0. The molecule has 1 amide bonds. The van der Waals surface area contributed by atoms with E-state index in [2.05, 4.69) is 16.9 Å². The second kappa shape index (κ2) is 13.4. The lowest BCUT2D eigenvalue weighted by atomic mass is 9.85. The predicted octanol–water partition coefficient (Wildman–Crippen LogP) is 3.06. The molecule has 8 N–H and O–H groups in total. The maximum absolute atomic E-state index is 13.1. The van der Waals surface area contributed by atoms with Crippen molar-refractivity contribution < 1.29 is 14.7 Å². The van der Waals surface area contributed by atoms with Crippen LogP contribution in [0.2, 0.25) is 0 Å². The molecule has 3 rings (SSSR count). The molecule has 0 saturated heterocycles. The van der Waals surface area contributed by atoms with Crippen LogP contribution < -0.4 is 22.1 Å². The summed E-state index contributed by atoms with van der Waals surface area (Å²) in [5, 5.41) is 24.6. The molecule has 37 heavy (non-hydrogen) atoms. The monoisotopic (exact) mass is 502 g/mol. The van der Waals surface area contributed by atoms with Crippen molar-refractivity contribution in [3.63, 3.8) is 0 Å². The molecule has 3 aromatic carbocycles. The Morgan fingerprint density at radius 1 is 0.973 bits per heavy atom. The summed E-state index contributed by atoms with van der Waals surface area (Å²) in [5.74, 6) is -0.317. The van der Waals surface area contributed by atoms with E-state index in [9.17, 15) is 14.7 Å². The lowest BCUT2D eigenvalue weighted by Gasteiger charge is -2.30. The van der Waals surface area contributed by atoms with E-state index in [0.717, 1.165) is 47.6 Å². The molecule has 0 aromatic heterocycles. The molecule has 0 spiro atoms. The van der Waals surface area contributed by atoms with Gasteiger partial charge in [-0.25, -0.2) is 0 Å². The third-order valence-electron chi connectivity index (χ3n) is 6.45. The molecule has 0 heterocycles. The lowest BCUT2D eigenvalue weighted by Crippen LogP contribution is -2.56. The Morgan fingerprint density at radius 2 is 1.65 bits per heavy atom. The van der Waals surface area contributed by atoms with Gasteiger partial charge in [-0.1, -0.05) is 73.9 Å². The second-order valence-corrected chi connectivity index (χ2v) is 9.51. The summed E-state index contributed by atoms with van der Waals surface area (Å²) >= 11 is 0. The number of hydrogen-bond donors (Lipinski definition) is 6. The van der Waals surface area contributed by atoms with E-state index in [-0.39, 0.29) is 18.1 Å². The number of nitrogens with one attached hydrogen (secondary N) is 3. The summed E-state index contributed by atoms with van der Waals surface area (Å²) in [4.78, 5) is 25.6. The zero-order valence-electron chi connectivity index (χ0n) is 21.0. The van der Waals surface area contributed by atoms with Crippen LogP contribution in [0.25, 0.3) is 10.8 Å². The Morgan fingerprint density at radius 3 is 2.35 bits per heavy atom. The molecule has 8 heteroatoms. The molecule has 0 aliphatic rings. The van der Waals surface area contributed by atoms with Crippen LogP contribution in [0.1, 0.15) is 43.2 Å². The molecule has 195 valence electrons. The second-order valence-electron chi connectivity index (χ2n) is 9.51. The molecule has 0 fully saturated rings. The van der Waals surface area contributed by atoms with Crippen LogP contribution in [0.4, 0.5) is 0 Å². The highest BCUT2D eigenvalue weighted by Gasteiger charge is 2.34. The van der Waals surface area contributed by atoms with E-state index >= 15 is 0 Å². The number of hydrogen-bond acceptors (Lipinski definition) is 5. The molecule has 0 aliphatic heterocycles. The minimum absolute atomic E-state index is 0.0451. The number of fused-ring (bicyclic) bond motifs is 1. The van der Waals surface area contributed by atoms with Crippen LogP contribution in [-0.2, 0) is 22.4 Å². The molecule has 0 unspecified atom stereocenters. The van der Waals surface area contributed by atoms with Crippen LogP contribution in [0.15, 0.2) is 66.7 Å². The van der Waals surface area contributed by atoms with Crippen LogP contribution in [0.5, 0.6) is 5.75 Å². The molecular weight excluding hydrogens is 466 g/mol. The summed E-state index contributed by atoms with van der Waals surface area (Å²) in [6.07, 6.45) is 6.51. The van der Waals surface area contributed by atoms with Crippen molar-refractivity contribution in [2.75, 3.05) is 6.54 Å². The van der Waals surface area contributed by atoms with Gasteiger partial charge in [0.2, 0.25) is 12.2 Å². The topological polar surface area (TPSA) is 154 Å². The van der Waals surface area contributed by atoms with Crippen LogP contribution >= 0.6 is 0 Å². The van der Waals surface area contributed by atoms with Gasteiger partial charge < -0.3 is 27.2 Å². The number of unbranched alkanes of at least 4 members (excludes halogenated alkanes) is 3. The fraction of sp³-hybridized carbons (Fsp3) is 0.345. The van der Waals surface area contributed by atoms with Gasteiger partial charge in [-0.2, -0.15) is 0 Å². The minimum atomic E-state index is -1.20.